The van der Waals surface area contributed by atoms with Gasteiger partial charge in [0.05, 0.1) is 0 Å². The van der Waals surface area contributed by atoms with Gasteiger partial charge in [-0.15, -0.1) is 0 Å². The van der Waals surface area contributed by atoms with Crippen LogP contribution < -0.4 is 5.73 Å². The summed E-state index contributed by atoms with van der Waals surface area (Å²) in [4.78, 5) is 13.7. The Morgan fingerprint density at radius 1 is 1.57 bits per heavy atom. The highest BCUT2D eigenvalue weighted by atomic mass is 16.2. The summed E-state index contributed by atoms with van der Waals surface area (Å²) in [6.07, 6.45) is 2.89. The molecule has 3 nitrogen and oxygen atoms in total. The summed E-state index contributed by atoms with van der Waals surface area (Å²) in [7, 11) is 0. The molecule has 1 heterocycles. The molecule has 1 fully saturated rings. The highest BCUT2D eigenvalue weighted by Gasteiger charge is 2.29. The minimum atomic E-state index is 0.0429. The molecular weight excluding hydrogens is 176 g/mol. The van der Waals surface area contributed by atoms with E-state index >= 15 is 0 Å². The molecule has 0 radical (unpaired) electrons. The van der Waals surface area contributed by atoms with Gasteiger partial charge in [0.2, 0.25) is 5.91 Å². The van der Waals surface area contributed by atoms with E-state index in [-0.39, 0.29) is 5.41 Å². The van der Waals surface area contributed by atoms with Crippen molar-refractivity contribution in [3.05, 3.63) is 0 Å². The van der Waals surface area contributed by atoms with Gasteiger partial charge in [0.1, 0.15) is 0 Å². The van der Waals surface area contributed by atoms with Gasteiger partial charge in [-0.1, -0.05) is 13.8 Å². The van der Waals surface area contributed by atoms with Gasteiger partial charge >= 0.3 is 0 Å². The van der Waals surface area contributed by atoms with Gasteiger partial charge in [-0.2, -0.15) is 0 Å². The Kier molecular flexibility index (Phi) is 3.53. The third-order valence-corrected chi connectivity index (χ3v) is 3.02. The number of nitrogens with zero attached hydrogens (tertiary/aromatic N) is 1. The van der Waals surface area contributed by atoms with Crippen molar-refractivity contribution in [1.82, 2.24) is 4.90 Å². The number of amides is 1. The maximum atomic E-state index is 11.7. The van der Waals surface area contributed by atoms with Crippen LogP contribution in [0, 0.1) is 5.41 Å². The predicted molar refractivity (Wildman–Crippen MR) is 57.9 cm³/mol. The Morgan fingerprint density at radius 2 is 2.21 bits per heavy atom. The van der Waals surface area contributed by atoms with Crippen LogP contribution in [0.25, 0.3) is 0 Å². The van der Waals surface area contributed by atoms with Crippen molar-refractivity contribution in [1.29, 1.82) is 0 Å². The zero-order valence-electron chi connectivity index (χ0n) is 9.55. The standard InChI is InChI=1S/C11H22N2O/c1-9-5-4-6-10(14)13(9)8-11(2,3)7-12/h9H,4-8,12H2,1-3H3. The minimum Gasteiger partial charge on any atom is -0.339 e. The molecule has 1 atom stereocenters. The lowest BCUT2D eigenvalue weighted by Gasteiger charge is -2.38. The van der Waals surface area contributed by atoms with E-state index in [9.17, 15) is 4.79 Å². The van der Waals surface area contributed by atoms with Crippen LogP contribution in [-0.2, 0) is 4.79 Å². The number of carbonyl (C=O) groups excluding carboxylic acids is 1. The number of likely N-dealkylation sites (tertiary alicyclic amines) is 1. The zero-order chi connectivity index (χ0) is 10.8. The number of hydrogen-bond acceptors (Lipinski definition) is 2. The fourth-order valence-corrected chi connectivity index (χ4v) is 1.86. The summed E-state index contributed by atoms with van der Waals surface area (Å²) in [6, 6.07) is 0.391. The second-order valence-corrected chi connectivity index (χ2v) is 5.13. The lowest BCUT2D eigenvalue weighted by atomic mass is 9.90. The topological polar surface area (TPSA) is 46.3 Å². The molecule has 0 saturated carbocycles. The zero-order valence-corrected chi connectivity index (χ0v) is 9.55. The number of nitrogens with two attached hydrogens (primary N) is 1. The number of rotatable bonds is 3. The van der Waals surface area contributed by atoms with Crippen molar-refractivity contribution in [2.24, 2.45) is 11.1 Å². The van der Waals surface area contributed by atoms with Crippen LogP contribution in [0.15, 0.2) is 0 Å². The molecule has 0 aromatic heterocycles. The summed E-state index contributed by atoms with van der Waals surface area (Å²) in [5, 5.41) is 0. The van der Waals surface area contributed by atoms with E-state index in [1.165, 1.54) is 0 Å². The van der Waals surface area contributed by atoms with E-state index in [1.54, 1.807) is 0 Å². The lowest BCUT2D eigenvalue weighted by molar-refractivity contribution is -0.137. The van der Waals surface area contributed by atoms with Gasteiger partial charge in [-0.05, 0) is 31.7 Å². The van der Waals surface area contributed by atoms with Gasteiger partial charge in [0, 0.05) is 19.0 Å². The van der Waals surface area contributed by atoms with Crippen LogP contribution in [0.5, 0.6) is 0 Å². The Morgan fingerprint density at radius 3 is 2.71 bits per heavy atom. The lowest BCUT2D eigenvalue weighted by Crippen LogP contribution is -2.48. The fraction of sp³-hybridized carbons (Fsp3) is 0.909. The summed E-state index contributed by atoms with van der Waals surface area (Å²) < 4.78 is 0. The third kappa shape index (κ3) is 2.71. The summed E-state index contributed by atoms with van der Waals surface area (Å²) >= 11 is 0. The molecule has 14 heavy (non-hydrogen) atoms. The predicted octanol–water partition coefficient (Wildman–Crippen LogP) is 1.37. The quantitative estimate of drug-likeness (QED) is 0.744. The van der Waals surface area contributed by atoms with Crippen LogP contribution in [0.1, 0.15) is 40.0 Å². The second kappa shape index (κ2) is 4.30. The number of piperidine rings is 1. The highest BCUT2D eigenvalue weighted by Crippen LogP contribution is 2.23. The maximum Gasteiger partial charge on any atom is 0.222 e. The molecular formula is C11H22N2O. The monoisotopic (exact) mass is 198 g/mol. The Labute approximate surface area is 86.6 Å². The molecule has 1 aliphatic rings. The third-order valence-electron chi connectivity index (χ3n) is 3.02. The first-order valence-corrected chi connectivity index (χ1v) is 5.46. The van der Waals surface area contributed by atoms with Crippen molar-refractivity contribution >= 4 is 5.91 Å². The first kappa shape index (κ1) is 11.5. The average Bonchev–Trinajstić information content (AvgIpc) is 2.12. The number of carbonyl (C=O) groups is 1. The molecule has 0 aliphatic carbocycles. The van der Waals surface area contributed by atoms with Crippen LogP contribution in [0.3, 0.4) is 0 Å². The van der Waals surface area contributed by atoms with E-state index in [2.05, 4.69) is 20.8 Å². The normalized spacial score (nSPS) is 24.1. The molecule has 3 heteroatoms. The van der Waals surface area contributed by atoms with Gasteiger partial charge in [-0.3, -0.25) is 4.79 Å². The molecule has 2 N–H and O–H groups in total. The summed E-state index contributed by atoms with van der Waals surface area (Å²) in [5.74, 6) is 0.297. The minimum absolute atomic E-state index is 0.0429. The maximum absolute atomic E-state index is 11.7. The molecule has 1 rings (SSSR count). The Hall–Kier alpha value is -0.570. The molecule has 0 spiro atoms. The van der Waals surface area contributed by atoms with E-state index < -0.39 is 0 Å². The van der Waals surface area contributed by atoms with E-state index in [1.807, 2.05) is 4.90 Å². The summed E-state index contributed by atoms with van der Waals surface area (Å²) in [6.45, 7) is 7.78. The molecule has 82 valence electrons. The van der Waals surface area contributed by atoms with Crippen molar-refractivity contribution in [3.63, 3.8) is 0 Å². The summed E-state index contributed by atoms with van der Waals surface area (Å²) in [5.41, 5.74) is 5.72. The SMILES string of the molecule is CC1CCCC(=O)N1CC(C)(C)CN. The van der Waals surface area contributed by atoms with Crippen molar-refractivity contribution < 1.29 is 4.79 Å². The fourth-order valence-electron chi connectivity index (χ4n) is 1.86. The largest absolute Gasteiger partial charge is 0.339 e. The van der Waals surface area contributed by atoms with Crippen molar-refractivity contribution in [3.8, 4) is 0 Å². The van der Waals surface area contributed by atoms with Gasteiger partial charge in [-0.25, -0.2) is 0 Å². The van der Waals surface area contributed by atoms with Crippen LogP contribution in [-0.4, -0.2) is 29.9 Å². The van der Waals surface area contributed by atoms with Crippen LogP contribution >= 0.6 is 0 Å². The Bertz CT molecular complexity index is 213. The smallest absolute Gasteiger partial charge is 0.222 e. The van der Waals surface area contributed by atoms with Gasteiger partial charge in [0.25, 0.3) is 0 Å². The van der Waals surface area contributed by atoms with Crippen LogP contribution in [0.2, 0.25) is 0 Å². The molecule has 0 bridgehead atoms. The molecule has 1 saturated heterocycles. The Balaban J connectivity index is 2.60. The van der Waals surface area contributed by atoms with E-state index in [0.29, 0.717) is 24.9 Å². The highest BCUT2D eigenvalue weighted by molar-refractivity contribution is 5.77. The molecule has 1 amide bonds. The van der Waals surface area contributed by atoms with Crippen molar-refractivity contribution in [2.45, 2.75) is 46.1 Å². The first-order chi connectivity index (χ1) is 6.46. The van der Waals surface area contributed by atoms with Gasteiger partial charge in [0.15, 0.2) is 0 Å². The first-order valence-electron chi connectivity index (χ1n) is 5.46. The number of hydrogen-bond donors (Lipinski definition) is 1. The van der Waals surface area contributed by atoms with E-state index in [4.69, 9.17) is 5.73 Å². The average molecular weight is 198 g/mol. The molecule has 1 unspecified atom stereocenters. The molecule has 1 aliphatic heterocycles. The van der Waals surface area contributed by atoms with Crippen molar-refractivity contribution in [2.75, 3.05) is 13.1 Å². The molecule has 0 aromatic rings. The van der Waals surface area contributed by atoms with E-state index in [0.717, 1.165) is 19.4 Å². The molecule has 0 aromatic carbocycles. The van der Waals surface area contributed by atoms with Gasteiger partial charge < -0.3 is 10.6 Å². The second-order valence-electron chi connectivity index (χ2n) is 5.13. The van der Waals surface area contributed by atoms with Crippen LogP contribution in [0.4, 0.5) is 0 Å².